The summed E-state index contributed by atoms with van der Waals surface area (Å²) in [4.78, 5) is 27.8. The van der Waals surface area contributed by atoms with Gasteiger partial charge in [-0.1, -0.05) is 6.07 Å². The summed E-state index contributed by atoms with van der Waals surface area (Å²) < 4.78 is 1.09. The fraction of sp³-hybridized carbons (Fsp3) is 0.261. The number of rotatable bonds is 3. The first-order chi connectivity index (χ1) is 15.1. The van der Waals surface area contributed by atoms with Crippen molar-refractivity contribution in [3.8, 4) is 0 Å². The topological polar surface area (TPSA) is 64.1 Å². The van der Waals surface area contributed by atoms with Gasteiger partial charge in [0.15, 0.2) is 0 Å². The van der Waals surface area contributed by atoms with Crippen LogP contribution in [0.2, 0.25) is 0 Å². The molecule has 8 heteroatoms. The molecule has 2 aliphatic heterocycles. The number of benzene rings is 2. The summed E-state index contributed by atoms with van der Waals surface area (Å²) in [7, 11) is 3.89. The number of hydrogen-bond donors (Lipinski definition) is 1. The highest BCUT2D eigenvalue weighted by molar-refractivity contribution is 7.16. The van der Waals surface area contributed by atoms with Gasteiger partial charge in [-0.3, -0.25) is 9.69 Å². The zero-order chi connectivity index (χ0) is 21.4. The third-order valence-corrected chi connectivity index (χ3v) is 6.51. The predicted molar refractivity (Wildman–Crippen MR) is 128 cm³/mol. The van der Waals surface area contributed by atoms with E-state index in [1.54, 1.807) is 23.3 Å². The molecule has 0 atom stereocenters. The molecule has 1 N–H and O–H groups in total. The first kappa shape index (κ1) is 19.7. The molecule has 0 aliphatic carbocycles. The summed E-state index contributed by atoms with van der Waals surface area (Å²) in [5.41, 5.74) is 6.27. The molecular formula is C23H24N6OS. The Balaban J connectivity index is 1.32. The first-order valence-corrected chi connectivity index (χ1v) is 11.2. The van der Waals surface area contributed by atoms with E-state index in [0.717, 1.165) is 47.6 Å². The number of guanidine groups is 1. The van der Waals surface area contributed by atoms with Crippen LogP contribution in [0.1, 0.15) is 5.56 Å². The van der Waals surface area contributed by atoms with Gasteiger partial charge < -0.3 is 15.1 Å². The highest BCUT2D eigenvalue weighted by atomic mass is 32.1. The molecule has 1 aromatic heterocycles. The van der Waals surface area contributed by atoms with Crippen molar-refractivity contribution >= 4 is 50.9 Å². The number of amides is 1. The number of carbonyl (C=O) groups is 1. The molecular weight excluding hydrogens is 408 g/mol. The van der Waals surface area contributed by atoms with Crippen LogP contribution >= 0.6 is 11.3 Å². The Labute approximate surface area is 185 Å². The maximum absolute atomic E-state index is 12.7. The number of fused-ring (bicyclic) bond motifs is 1. The van der Waals surface area contributed by atoms with Crippen LogP contribution in [0, 0.1) is 0 Å². The zero-order valence-corrected chi connectivity index (χ0v) is 18.4. The van der Waals surface area contributed by atoms with Crippen LogP contribution in [0.15, 0.2) is 58.7 Å². The normalized spacial score (nSPS) is 18.8. The van der Waals surface area contributed by atoms with Crippen molar-refractivity contribution in [2.45, 2.75) is 0 Å². The number of nitrogens with zero attached hydrogens (tertiary/aromatic N) is 5. The van der Waals surface area contributed by atoms with Crippen LogP contribution in [0.3, 0.4) is 0 Å². The van der Waals surface area contributed by atoms with Crippen LogP contribution in [-0.2, 0) is 4.79 Å². The lowest BCUT2D eigenvalue weighted by atomic mass is 10.2. The average Bonchev–Trinajstić information content (AvgIpc) is 3.35. The maximum Gasteiger partial charge on any atom is 0.279 e. The van der Waals surface area contributed by atoms with Gasteiger partial charge >= 0.3 is 0 Å². The summed E-state index contributed by atoms with van der Waals surface area (Å²) in [6, 6.07) is 14.3. The minimum absolute atomic E-state index is 0.124. The summed E-state index contributed by atoms with van der Waals surface area (Å²) in [5.74, 6) is 0.406. The quantitative estimate of drug-likeness (QED) is 0.644. The number of hydrogen-bond acceptors (Lipinski definition) is 7. The molecule has 1 amide bonds. The van der Waals surface area contributed by atoms with Gasteiger partial charge in [-0.25, -0.2) is 9.98 Å². The van der Waals surface area contributed by atoms with E-state index in [0.29, 0.717) is 11.7 Å². The third-order valence-electron chi connectivity index (χ3n) is 5.72. The van der Waals surface area contributed by atoms with Gasteiger partial charge in [-0.15, -0.1) is 11.3 Å². The Hall–Kier alpha value is -3.23. The van der Waals surface area contributed by atoms with Gasteiger partial charge in [0.05, 0.1) is 15.7 Å². The number of nitrogens with one attached hydrogen (secondary N) is 1. The molecule has 0 bridgehead atoms. The average molecular weight is 433 g/mol. The van der Waals surface area contributed by atoms with Crippen molar-refractivity contribution in [1.82, 2.24) is 14.8 Å². The van der Waals surface area contributed by atoms with E-state index >= 15 is 0 Å². The zero-order valence-electron chi connectivity index (χ0n) is 17.6. The molecule has 0 spiro atoms. The largest absolute Gasteiger partial charge is 0.369 e. The lowest BCUT2D eigenvalue weighted by molar-refractivity contribution is -0.121. The van der Waals surface area contributed by atoms with Crippen molar-refractivity contribution < 1.29 is 4.79 Å². The lowest BCUT2D eigenvalue weighted by Crippen LogP contribution is -2.44. The number of piperazine rings is 1. The number of carbonyl (C=O) groups excluding carboxylic acids is 1. The summed E-state index contributed by atoms with van der Waals surface area (Å²) >= 11 is 1.58. The molecule has 3 heterocycles. The van der Waals surface area contributed by atoms with E-state index in [4.69, 9.17) is 0 Å². The Morgan fingerprint density at radius 3 is 2.58 bits per heavy atom. The van der Waals surface area contributed by atoms with E-state index in [2.05, 4.69) is 44.3 Å². The van der Waals surface area contributed by atoms with Crippen molar-refractivity contribution in [2.75, 3.05) is 50.5 Å². The highest BCUT2D eigenvalue weighted by Gasteiger charge is 2.27. The molecule has 2 aromatic carbocycles. The third kappa shape index (κ3) is 4.04. The van der Waals surface area contributed by atoms with E-state index in [9.17, 15) is 4.79 Å². The van der Waals surface area contributed by atoms with Crippen LogP contribution in [0.4, 0.5) is 11.4 Å². The van der Waals surface area contributed by atoms with Gasteiger partial charge in [-0.2, -0.15) is 0 Å². The minimum atomic E-state index is -0.124. The number of aromatic nitrogens is 1. The van der Waals surface area contributed by atoms with E-state index in [-0.39, 0.29) is 5.91 Å². The molecule has 1 fully saturated rings. The van der Waals surface area contributed by atoms with Gasteiger partial charge in [0.1, 0.15) is 5.70 Å². The van der Waals surface area contributed by atoms with Crippen molar-refractivity contribution in [1.29, 1.82) is 0 Å². The number of thiazole rings is 1. The second-order valence-corrected chi connectivity index (χ2v) is 8.76. The van der Waals surface area contributed by atoms with E-state index < -0.39 is 0 Å². The molecule has 3 aromatic rings. The molecule has 0 unspecified atom stereocenters. The molecule has 1 saturated heterocycles. The molecule has 158 valence electrons. The minimum Gasteiger partial charge on any atom is -0.369 e. The Morgan fingerprint density at radius 2 is 1.81 bits per heavy atom. The standard InChI is InChI=1S/C23H24N6OS/c1-27-9-11-29(12-10-27)18-6-4-17(5-7-18)25-23-26-20(22(30)28(23)2)13-16-3-8-19-21(14-16)31-15-24-19/h3-8,13-15H,9-12H2,1-2H3,(H,25,26)/b20-13-. The number of anilines is 2. The van der Waals surface area contributed by atoms with Crippen molar-refractivity contribution in [2.24, 2.45) is 4.99 Å². The Bertz CT molecular complexity index is 1170. The van der Waals surface area contributed by atoms with E-state index in [1.807, 2.05) is 41.9 Å². The smallest absolute Gasteiger partial charge is 0.279 e. The first-order valence-electron chi connectivity index (χ1n) is 10.3. The fourth-order valence-corrected chi connectivity index (χ4v) is 4.50. The number of likely N-dealkylation sites (N-methyl/N-ethyl adjacent to an activating group) is 2. The maximum atomic E-state index is 12.7. The molecule has 31 heavy (non-hydrogen) atoms. The molecule has 7 nitrogen and oxygen atoms in total. The highest BCUT2D eigenvalue weighted by Crippen LogP contribution is 2.24. The SMILES string of the molecule is CN1CCN(c2ccc(NC3=N/C(=C\c4ccc5ncsc5c4)C(=O)N3C)cc2)CC1. The summed E-state index contributed by atoms with van der Waals surface area (Å²) in [6.07, 6.45) is 1.82. The Kier molecular flexibility index (Phi) is 5.17. The second-order valence-electron chi connectivity index (χ2n) is 7.87. The fourth-order valence-electron chi connectivity index (χ4n) is 3.78. The van der Waals surface area contributed by atoms with Gasteiger partial charge in [-0.05, 0) is 55.1 Å². The van der Waals surface area contributed by atoms with Gasteiger partial charge in [0.2, 0.25) is 5.96 Å². The lowest BCUT2D eigenvalue weighted by Gasteiger charge is -2.34. The summed E-state index contributed by atoms with van der Waals surface area (Å²) in [5, 5.41) is 3.28. The van der Waals surface area contributed by atoms with Crippen molar-refractivity contribution in [3.63, 3.8) is 0 Å². The van der Waals surface area contributed by atoms with Crippen LogP contribution in [-0.4, -0.2) is 66.9 Å². The molecule has 5 rings (SSSR count). The van der Waals surface area contributed by atoms with Crippen LogP contribution in [0.5, 0.6) is 0 Å². The van der Waals surface area contributed by atoms with Crippen molar-refractivity contribution in [3.05, 3.63) is 59.2 Å². The molecule has 0 radical (unpaired) electrons. The second kappa shape index (κ2) is 8.13. The molecule has 0 saturated carbocycles. The van der Waals surface area contributed by atoms with Crippen LogP contribution in [0.25, 0.3) is 16.3 Å². The van der Waals surface area contributed by atoms with E-state index in [1.165, 1.54) is 5.69 Å². The van der Waals surface area contributed by atoms with Gasteiger partial charge in [0.25, 0.3) is 5.91 Å². The van der Waals surface area contributed by atoms with Gasteiger partial charge in [0, 0.05) is 44.6 Å². The Morgan fingerprint density at radius 1 is 1.03 bits per heavy atom. The monoisotopic (exact) mass is 432 g/mol. The number of aliphatic imine (C=N–C) groups is 1. The summed E-state index contributed by atoms with van der Waals surface area (Å²) in [6.45, 7) is 4.23. The van der Waals surface area contributed by atoms with Crippen LogP contribution < -0.4 is 10.2 Å². The molecule has 2 aliphatic rings. The predicted octanol–water partition coefficient (Wildman–Crippen LogP) is 3.33.